The molecule has 1 rings (SSSR count). The minimum Gasteiger partial charge on any atom is -0.489 e. The first kappa shape index (κ1) is 17.2. The molecule has 0 aliphatic heterocycles. The molecule has 5 heteroatoms. The zero-order valence-corrected chi connectivity index (χ0v) is 13.0. The van der Waals surface area contributed by atoms with E-state index in [0.717, 1.165) is 0 Å². The van der Waals surface area contributed by atoms with Crippen molar-refractivity contribution in [3.05, 3.63) is 41.7 Å². The minimum absolute atomic E-state index is 0.131. The lowest BCUT2D eigenvalue weighted by Gasteiger charge is -2.20. The zero-order valence-electron chi connectivity index (χ0n) is 13.0. The van der Waals surface area contributed by atoms with Gasteiger partial charge in [-0.2, -0.15) is 0 Å². The molecule has 21 heavy (non-hydrogen) atoms. The van der Waals surface area contributed by atoms with Crippen LogP contribution in [0.25, 0.3) is 0 Å². The molecule has 1 aromatic rings. The lowest BCUT2D eigenvalue weighted by Crippen LogP contribution is -2.40. The van der Waals surface area contributed by atoms with Gasteiger partial charge in [0.25, 0.3) is 5.91 Å². The van der Waals surface area contributed by atoms with Crippen LogP contribution in [-0.4, -0.2) is 31.6 Å². The van der Waals surface area contributed by atoms with E-state index in [9.17, 15) is 9.18 Å². The fourth-order valence-electron chi connectivity index (χ4n) is 1.64. The molecule has 0 unspecified atom stereocenters. The Hall–Kier alpha value is -1.88. The van der Waals surface area contributed by atoms with Gasteiger partial charge in [0.2, 0.25) is 0 Å². The number of carbonyl (C=O) groups is 1. The lowest BCUT2D eigenvalue weighted by atomic mass is 10.1. The molecule has 0 aliphatic carbocycles. The number of halogens is 1. The molecule has 0 saturated heterocycles. The summed E-state index contributed by atoms with van der Waals surface area (Å²) in [5.41, 5.74) is 0.807. The summed E-state index contributed by atoms with van der Waals surface area (Å²) in [5.74, 6) is 0.464. The highest BCUT2D eigenvalue weighted by Gasteiger charge is 2.15. The Morgan fingerprint density at radius 1 is 1.29 bits per heavy atom. The fraction of sp³-hybridized carbons (Fsp3) is 0.438. The standard InChI is InChI=1S/C16H23FN2O2/c1-16(2,3)19-15(20)13-5-7-14(8-6-13)21-11-12(9-17)10-18-4/h5-9,18H,10-11H2,1-4H3,(H,19,20)/b12-9+. The molecule has 0 radical (unpaired) electrons. The van der Waals surface area contributed by atoms with Crippen LogP contribution in [0.2, 0.25) is 0 Å². The van der Waals surface area contributed by atoms with Gasteiger partial charge in [0.1, 0.15) is 12.4 Å². The summed E-state index contributed by atoms with van der Waals surface area (Å²) in [5, 5.41) is 5.74. The summed E-state index contributed by atoms with van der Waals surface area (Å²) in [6, 6.07) is 6.78. The van der Waals surface area contributed by atoms with Crippen LogP contribution in [0, 0.1) is 0 Å². The predicted molar refractivity (Wildman–Crippen MR) is 82.3 cm³/mol. The molecule has 0 fully saturated rings. The molecule has 0 bridgehead atoms. The fourth-order valence-corrected chi connectivity index (χ4v) is 1.64. The average molecular weight is 294 g/mol. The quantitative estimate of drug-likeness (QED) is 0.848. The number of amides is 1. The Balaban J connectivity index is 2.60. The molecule has 116 valence electrons. The minimum atomic E-state index is -0.278. The van der Waals surface area contributed by atoms with Gasteiger partial charge in [0.05, 0.1) is 6.33 Å². The number of rotatable bonds is 6. The lowest BCUT2D eigenvalue weighted by molar-refractivity contribution is 0.0919. The van der Waals surface area contributed by atoms with Crippen LogP contribution in [0.1, 0.15) is 31.1 Å². The molecule has 4 nitrogen and oxygen atoms in total. The van der Waals surface area contributed by atoms with Crippen LogP contribution < -0.4 is 15.4 Å². The van der Waals surface area contributed by atoms with Gasteiger partial charge in [-0.05, 0) is 52.1 Å². The third kappa shape index (κ3) is 6.40. The van der Waals surface area contributed by atoms with Crippen molar-refractivity contribution in [2.45, 2.75) is 26.3 Å². The predicted octanol–water partition coefficient (Wildman–Crippen LogP) is 2.67. The van der Waals surface area contributed by atoms with E-state index in [1.54, 1.807) is 31.3 Å². The number of ether oxygens (including phenoxy) is 1. The van der Waals surface area contributed by atoms with Crippen molar-refractivity contribution < 1.29 is 13.9 Å². The summed E-state index contributed by atoms with van der Waals surface area (Å²) < 4.78 is 18.0. The normalized spacial score (nSPS) is 12.1. The number of hydrogen-bond donors (Lipinski definition) is 2. The Morgan fingerprint density at radius 2 is 1.90 bits per heavy atom. The van der Waals surface area contributed by atoms with E-state index >= 15 is 0 Å². The van der Waals surface area contributed by atoms with Crippen LogP contribution in [-0.2, 0) is 0 Å². The highest BCUT2D eigenvalue weighted by atomic mass is 19.1. The summed E-state index contributed by atoms with van der Waals surface area (Å²) in [7, 11) is 1.74. The maximum absolute atomic E-state index is 12.5. The first-order chi connectivity index (χ1) is 9.85. The maximum atomic E-state index is 12.5. The van der Waals surface area contributed by atoms with Gasteiger partial charge in [-0.15, -0.1) is 0 Å². The van der Waals surface area contributed by atoms with E-state index in [0.29, 0.717) is 29.8 Å². The molecule has 0 atom stereocenters. The molecule has 1 aromatic carbocycles. The summed E-state index contributed by atoms with van der Waals surface area (Å²) in [6.07, 6.45) is 0.543. The van der Waals surface area contributed by atoms with Crippen LogP contribution in [0.15, 0.2) is 36.2 Å². The second kappa shape index (κ2) is 7.78. The van der Waals surface area contributed by atoms with Gasteiger partial charge in [-0.25, -0.2) is 4.39 Å². The monoisotopic (exact) mass is 294 g/mol. The average Bonchev–Trinajstić information content (AvgIpc) is 2.42. The number of likely N-dealkylation sites (N-methyl/N-ethyl adjacent to an activating group) is 1. The van der Waals surface area contributed by atoms with E-state index in [-0.39, 0.29) is 18.1 Å². The molecule has 0 spiro atoms. The number of carbonyl (C=O) groups excluding carboxylic acids is 1. The molecular formula is C16H23FN2O2. The molecule has 0 aliphatic rings. The molecule has 0 saturated carbocycles. The summed E-state index contributed by atoms with van der Waals surface area (Å²) in [6.45, 7) is 6.38. The largest absolute Gasteiger partial charge is 0.489 e. The number of nitrogens with one attached hydrogen (secondary N) is 2. The molecule has 0 aromatic heterocycles. The second-order valence-corrected chi connectivity index (χ2v) is 5.81. The third-order valence-corrected chi connectivity index (χ3v) is 2.59. The number of hydrogen-bond acceptors (Lipinski definition) is 3. The topological polar surface area (TPSA) is 50.4 Å². The smallest absolute Gasteiger partial charge is 0.251 e. The van der Waals surface area contributed by atoms with Crippen LogP contribution in [0.4, 0.5) is 4.39 Å². The van der Waals surface area contributed by atoms with E-state index in [2.05, 4.69) is 10.6 Å². The van der Waals surface area contributed by atoms with Crippen molar-refractivity contribution in [3.8, 4) is 5.75 Å². The van der Waals surface area contributed by atoms with Crippen molar-refractivity contribution in [1.82, 2.24) is 10.6 Å². The van der Waals surface area contributed by atoms with Gasteiger partial charge in [-0.1, -0.05) is 0 Å². The Labute approximate surface area is 125 Å². The molecule has 0 heterocycles. The SMILES string of the molecule is CNC/C(=C\F)COc1ccc(C(=O)NC(C)(C)C)cc1. The summed E-state index contributed by atoms with van der Waals surface area (Å²) in [4.78, 5) is 12.0. The van der Waals surface area contributed by atoms with Crippen molar-refractivity contribution >= 4 is 5.91 Å². The van der Waals surface area contributed by atoms with Crippen LogP contribution >= 0.6 is 0 Å². The highest BCUT2D eigenvalue weighted by Crippen LogP contribution is 2.14. The second-order valence-electron chi connectivity index (χ2n) is 5.81. The van der Waals surface area contributed by atoms with E-state index in [4.69, 9.17) is 4.74 Å². The maximum Gasteiger partial charge on any atom is 0.251 e. The van der Waals surface area contributed by atoms with Gasteiger partial charge < -0.3 is 15.4 Å². The van der Waals surface area contributed by atoms with E-state index in [1.165, 1.54) is 0 Å². The Bertz CT molecular complexity index is 490. The van der Waals surface area contributed by atoms with E-state index < -0.39 is 0 Å². The summed E-state index contributed by atoms with van der Waals surface area (Å²) >= 11 is 0. The Kier molecular flexibility index (Phi) is 6.37. The van der Waals surface area contributed by atoms with Crippen molar-refractivity contribution in [3.63, 3.8) is 0 Å². The first-order valence-corrected chi connectivity index (χ1v) is 6.84. The van der Waals surface area contributed by atoms with Crippen molar-refractivity contribution in [2.75, 3.05) is 20.2 Å². The van der Waals surface area contributed by atoms with E-state index in [1.807, 2.05) is 20.8 Å². The molecule has 1 amide bonds. The van der Waals surface area contributed by atoms with Gasteiger partial charge in [0.15, 0.2) is 0 Å². The molecule has 2 N–H and O–H groups in total. The zero-order chi connectivity index (χ0) is 15.9. The van der Waals surface area contributed by atoms with Crippen LogP contribution in [0.5, 0.6) is 5.75 Å². The van der Waals surface area contributed by atoms with Gasteiger partial charge in [0, 0.05) is 23.2 Å². The molecular weight excluding hydrogens is 271 g/mol. The van der Waals surface area contributed by atoms with Crippen LogP contribution in [0.3, 0.4) is 0 Å². The van der Waals surface area contributed by atoms with Crippen molar-refractivity contribution in [2.24, 2.45) is 0 Å². The van der Waals surface area contributed by atoms with Crippen molar-refractivity contribution in [1.29, 1.82) is 0 Å². The number of benzene rings is 1. The van der Waals surface area contributed by atoms with Gasteiger partial charge >= 0.3 is 0 Å². The first-order valence-electron chi connectivity index (χ1n) is 6.84. The highest BCUT2D eigenvalue weighted by molar-refractivity contribution is 5.94. The Morgan fingerprint density at radius 3 is 2.38 bits per heavy atom. The van der Waals surface area contributed by atoms with Gasteiger partial charge in [-0.3, -0.25) is 4.79 Å². The third-order valence-electron chi connectivity index (χ3n) is 2.59.